The molecule has 1 aromatic carbocycles. The van der Waals surface area contributed by atoms with Gasteiger partial charge in [-0.15, -0.1) is 0 Å². The molecule has 0 aromatic heterocycles. The number of halogens is 1. The molecule has 1 aliphatic rings. The van der Waals surface area contributed by atoms with Crippen LogP contribution in [0.4, 0.5) is 0 Å². The van der Waals surface area contributed by atoms with Crippen molar-refractivity contribution in [3.63, 3.8) is 0 Å². The molecule has 4 nitrogen and oxygen atoms in total. The number of hydrogen-bond acceptors (Lipinski definition) is 3. The lowest BCUT2D eigenvalue weighted by Crippen LogP contribution is -2.29. The molecular weight excluding hydrogens is 242 g/mol. The number of carboxylic acid groups (broad SMARTS) is 1. The van der Waals surface area contributed by atoms with E-state index in [2.05, 4.69) is 0 Å². The predicted octanol–water partition coefficient (Wildman–Crippen LogP) is 2.45. The average molecular weight is 252 g/mol. The molecule has 0 bridgehead atoms. The Morgan fingerprint density at radius 2 is 2.29 bits per heavy atom. The van der Waals surface area contributed by atoms with Crippen molar-refractivity contribution >= 4 is 17.6 Å². The van der Waals surface area contributed by atoms with Gasteiger partial charge in [0.15, 0.2) is 6.10 Å². The second-order valence-electron chi connectivity index (χ2n) is 3.97. The Hall–Kier alpha value is -1.73. The summed E-state index contributed by atoms with van der Waals surface area (Å²) in [6.07, 6.45) is 0.932. The van der Waals surface area contributed by atoms with Crippen LogP contribution in [0.25, 0.3) is 0 Å². The smallest absolute Gasteiger partial charge is 0.345 e. The zero-order chi connectivity index (χ0) is 12.4. The van der Waals surface area contributed by atoms with E-state index >= 15 is 0 Å². The molecule has 1 saturated carbocycles. The quantitative estimate of drug-likeness (QED) is 0.892. The van der Waals surface area contributed by atoms with Crippen molar-refractivity contribution in [2.75, 3.05) is 0 Å². The van der Waals surface area contributed by atoms with Gasteiger partial charge in [0, 0.05) is 12.0 Å². The highest BCUT2D eigenvalue weighted by atomic mass is 35.5. The first-order valence-corrected chi connectivity index (χ1v) is 5.58. The molecule has 88 valence electrons. The largest absolute Gasteiger partial charge is 0.478 e. The maximum absolute atomic E-state index is 11.0. The highest BCUT2D eigenvalue weighted by Crippen LogP contribution is 2.35. The fourth-order valence-electron chi connectivity index (χ4n) is 1.55. The number of ether oxygens (including phenoxy) is 1. The molecule has 1 aromatic rings. The monoisotopic (exact) mass is 251 g/mol. The minimum atomic E-state index is -0.965. The lowest BCUT2D eigenvalue weighted by molar-refractivity contribution is -0.146. The zero-order valence-electron chi connectivity index (χ0n) is 8.89. The maximum Gasteiger partial charge on any atom is 0.345 e. The Kier molecular flexibility index (Phi) is 3.21. The van der Waals surface area contributed by atoms with Gasteiger partial charge in [-0.2, -0.15) is 5.26 Å². The third kappa shape index (κ3) is 2.69. The van der Waals surface area contributed by atoms with E-state index in [0.29, 0.717) is 11.3 Å². The molecule has 0 radical (unpaired) electrons. The molecule has 1 unspecified atom stereocenters. The van der Waals surface area contributed by atoms with Gasteiger partial charge in [0.05, 0.1) is 10.6 Å². The van der Waals surface area contributed by atoms with Gasteiger partial charge < -0.3 is 9.84 Å². The van der Waals surface area contributed by atoms with Crippen molar-refractivity contribution in [1.82, 2.24) is 0 Å². The standard InChI is InChI=1S/C12H10ClNO3/c13-10-5-9(4-3-8(10)6-14)17-11(12(15)16)7-1-2-7/h3-5,7,11H,1-2H2,(H,15,16). The molecule has 0 saturated heterocycles. The van der Waals surface area contributed by atoms with E-state index in [0.717, 1.165) is 12.8 Å². The van der Waals surface area contributed by atoms with Gasteiger partial charge in [-0.25, -0.2) is 4.79 Å². The van der Waals surface area contributed by atoms with Crippen LogP contribution in [0.15, 0.2) is 18.2 Å². The molecule has 0 amide bonds. The molecule has 1 N–H and O–H groups in total. The highest BCUT2D eigenvalue weighted by molar-refractivity contribution is 6.31. The number of carbonyl (C=O) groups is 1. The predicted molar refractivity (Wildman–Crippen MR) is 60.9 cm³/mol. The Labute approximate surface area is 103 Å². The summed E-state index contributed by atoms with van der Waals surface area (Å²) in [6.45, 7) is 0. The lowest BCUT2D eigenvalue weighted by Gasteiger charge is -2.14. The Morgan fingerprint density at radius 3 is 2.76 bits per heavy atom. The van der Waals surface area contributed by atoms with Crippen LogP contribution in [0.5, 0.6) is 5.75 Å². The van der Waals surface area contributed by atoms with Gasteiger partial charge in [-0.05, 0) is 25.0 Å². The Bertz CT molecular complexity index is 491. The van der Waals surface area contributed by atoms with E-state index in [4.69, 9.17) is 26.7 Å². The molecule has 2 rings (SSSR count). The van der Waals surface area contributed by atoms with Crippen molar-refractivity contribution in [3.05, 3.63) is 28.8 Å². The highest BCUT2D eigenvalue weighted by Gasteiger charge is 2.38. The van der Waals surface area contributed by atoms with Crippen LogP contribution in [-0.4, -0.2) is 17.2 Å². The summed E-state index contributed by atoms with van der Waals surface area (Å²) in [6, 6.07) is 6.48. The fraction of sp³-hybridized carbons (Fsp3) is 0.333. The summed E-state index contributed by atoms with van der Waals surface area (Å²) in [5.74, 6) is -0.497. The topological polar surface area (TPSA) is 70.3 Å². The number of carboxylic acids is 1. The number of nitriles is 1. The first kappa shape index (κ1) is 11.7. The van der Waals surface area contributed by atoms with Gasteiger partial charge >= 0.3 is 5.97 Å². The summed E-state index contributed by atoms with van der Waals surface area (Å²) in [7, 11) is 0. The average Bonchev–Trinajstić information content (AvgIpc) is 3.09. The van der Waals surface area contributed by atoms with E-state index in [1.54, 1.807) is 6.07 Å². The van der Waals surface area contributed by atoms with Crippen molar-refractivity contribution in [2.45, 2.75) is 18.9 Å². The number of hydrogen-bond donors (Lipinski definition) is 1. The molecular formula is C12H10ClNO3. The molecule has 17 heavy (non-hydrogen) atoms. The van der Waals surface area contributed by atoms with Crippen LogP contribution >= 0.6 is 11.6 Å². The molecule has 0 heterocycles. The SMILES string of the molecule is N#Cc1ccc(OC(C(=O)O)C2CC2)cc1Cl. The van der Waals surface area contributed by atoms with Crippen LogP contribution < -0.4 is 4.74 Å². The number of nitrogens with zero attached hydrogens (tertiary/aromatic N) is 1. The summed E-state index contributed by atoms with van der Waals surface area (Å²) in [4.78, 5) is 11.0. The zero-order valence-corrected chi connectivity index (χ0v) is 9.65. The Balaban J connectivity index is 2.15. The van der Waals surface area contributed by atoms with E-state index in [9.17, 15) is 4.79 Å². The van der Waals surface area contributed by atoms with E-state index < -0.39 is 12.1 Å². The van der Waals surface area contributed by atoms with Crippen LogP contribution in [0.2, 0.25) is 5.02 Å². The molecule has 1 atom stereocenters. The summed E-state index contributed by atoms with van der Waals surface area (Å²) >= 11 is 5.84. The van der Waals surface area contributed by atoms with Gasteiger partial charge in [0.1, 0.15) is 11.8 Å². The second-order valence-corrected chi connectivity index (χ2v) is 4.37. The minimum absolute atomic E-state index is 0.0851. The second kappa shape index (κ2) is 4.64. The minimum Gasteiger partial charge on any atom is -0.478 e. The van der Waals surface area contributed by atoms with Crippen molar-refractivity contribution in [1.29, 1.82) is 5.26 Å². The van der Waals surface area contributed by atoms with Crippen LogP contribution in [0, 0.1) is 17.2 Å². The maximum atomic E-state index is 11.0. The number of benzene rings is 1. The molecule has 5 heteroatoms. The molecule has 0 aliphatic heterocycles. The van der Waals surface area contributed by atoms with E-state index in [1.807, 2.05) is 6.07 Å². The molecule has 1 fully saturated rings. The van der Waals surface area contributed by atoms with Gasteiger partial charge in [-0.3, -0.25) is 0 Å². The van der Waals surface area contributed by atoms with Crippen LogP contribution in [0.1, 0.15) is 18.4 Å². The third-order valence-corrected chi connectivity index (χ3v) is 2.93. The Morgan fingerprint density at radius 1 is 1.59 bits per heavy atom. The summed E-state index contributed by atoms with van der Waals surface area (Å²) in [5.41, 5.74) is 0.345. The third-order valence-electron chi connectivity index (χ3n) is 2.62. The van der Waals surface area contributed by atoms with Crippen molar-refractivity contribution in [3.8, 4) is 11.8 Å². The number of aliphatic carboxylic acids is 1. The van der Waals surface area contributed by atoms with Gasteiger partial charge in [0.2, 0.25) is 0 Å². The lowest BCUT2D eigenvalue weighted by atomic mass is 10.2. The van der Waals surface area contributed by atoms with Gasteiger partial charge in [-0.1, -0.05) is 11.6 Å². The normalized spacial score (nSPS) is 16.0. The van der Waals surface area contributed by atoms with Crippen LogP contribution in [-0.2, 0) is 4.79 Å². The summed E-state index contributed by atoms with van der Waals surface area (Å²) in [5, 5.41) is 18.0. The first-order valence-electron chi connectivity index (χ1n) is 5.21. The van der Waals surface area contributed by atoms with Gasteiger partial charge in [0.25, 0.3) is 0 Å². The summed E-state index contributed by atoms with van der Waals surface area (Å²) < 4.78 is 5.39. The van der Waals surface area contributed by atoms with Crippen molar-refractivity contribution < 1.29 is 14.6 Å². The first-order chi connectivity index (χ1) is 8.11. The van der Waals surface area contributed by atoms with Crippen LogP contribution in [0.3, 0.4) is 0 Å². The van der Waals surface area contributed by atoms with E-state index in [-0.39, 0.29) is 10.9 Å². The molecule has 0 spiro atoms. The van der Waals surface area contributed by atoms with Crippen molar-refractivity contribution in [2.24, 2.45) is 5.92 Å². The molecule has 1 aliphatic carbocycles. The van der Waals surface area contributed by atoms with E-state index in [1.165, 1.54) is 12.1 Å². The number of rotatable bonds is 4. The fourth-order valence-corrected chi connectivity index (χ4v) is 1.77.